The van der Waals surface area contributed by atoms with Crippen molar-refractivity contribution >= 4 is 0 Å². The van der Waals surface area contributed by atoms with Crippen LogP contribution in [0.15, 0.2) is 0 Å². The first-order chi connectivity index (χ1) is 5.20. The van der Waals surface area contributed by atoms with Gasteiger partial charge in [0.1, 0.15) is 0 Å². The molecule has 0 rings (SSSR count). The van der Waals surface area contributed by atoms with Gasteiger partial charge in [0.2, 0.25) is 0 Å². The average Bonchev–Trinajstić information content (AvgIpc) is 1.54. The highest BCUT2D eigenvalue weighted by Gasteiger charge is 1.65. The molecule has 0 saturated heterocycles. The largest absolute Gasteiger partial charge is 1.00 e. The second-order valence-corrected chi connectivity index (χ2v) is 0.685. The van der Waals surface area contributed by atoms with Gasteiger partial charge in [-0.05, 0) is 0 Å². The minimum absolute atomic E-state index is 0. The quantitative estimate of drug-likeness (QED) is 0.382. The minimum atomic E-state index is -1.75. The summed E-state index contributed by atoms with van der Waals surface area (Å²) in [6.07, 6.45) is 0. The van der Waals surface area contributed by atoms with E-state index in [1.807, 2.05) is 0 Å². The van der Waals surface area contributed by atoms with E-state index >= 15 is 0 Å². The first kappa shape index (κ1) is 22.4. The van der Waals surface area contributed by atoms with Crippen molar-refractivity contribution in [1.29, 1.82) is 0 Å². The Kier molecular flexibility index (Phi) is 28.1. The lowest BCUT2D eigenvalue weighted by Gasteiger charge is -1.74. The standard InChI is InChI=1S/HNO3.2NO3.H3N/c3*2-1(3)4;/h(H,2,3,4);;;1H3/q;2*-1;/p+2. The van der Waals surface area contributed by atoms with Crippen LogP contribution in [0.1, 0.15) is 2.85 Å². The Balaban J connectivity index is -0.0000000184. The van der Waals surface area contributed by atoms with Crippen LogP contribution >= 0.6 is 0 Å². The highest BCUT2D eigenvalue weighted by molar-refractivity contribution is 4.04. The summed E-state index contributed by atoms with van der Waals surface area (Å²) in [7, 11) is 0. The molecule has 0 aromatic rings. The van der Waals surface area contributed by atoms with Crippen molar-refractivity contribution in [3.8, 4) is 0 Å². The van der Waals surface area contributed by atoms with E-state index < -0.39 is 15.3 Å². The van der Waals surface area contributed by atoms with Gasteiger partial charge in [-0.2, -0.15) is 0 Å². The van der Waals surface area contributed by atoms with Gasteiger partial charge in [0, 0.05) is 0 Å². The second kappa shape index (κ2) is 16.3. The van der Waals surface area contributed by atoms with Crippen molar-refractivity contribution in [2.75, 3.05) is 0 Å². The van der Waals surface area contributed by atoms with Gasteiger partial charge in [-0.1, -0.05) is 0 Å². The summed E-state index contributed by atoms with van der Waals surface area (Å²) in [6.45, 7) is 0. The topological polar surface area (TPSA) is 231 Å². The van der Waals surface area contributed by atoms with Crippen molar-refractivity contribution in [1.82, 2.24) is 6.15 Å². The predicted molar refractivity (Wildman–Crippen MR) is 36.7 cm³/mol. The fourth-order valence-corrected chi connectivity index (χ4v) is 0. The van der Waals surface area contributed by atoms with E-state index in [1.165, 1.54) is 0 Å². The van der Waals surface area contributed by atoms with E-state index in [0.29, 0.717) is 0 Å². The first-order valence-corrected chi connectivity index (χ1v) is 1.66. The summed E-state index contributed by atoms with van der Waals surface area (Å²) < 4.78 is 0. The molecule has 0 aliphatic heterocycles. The molecule has 4 N–H and O–H groups in total. The lowest BCUT2D eigenvalue weighted by atomic mass is 13.1. The molecule has 80 valence electrons. The van der Waals surface area contributed by atoms with Crippen LogP contribution in [0.4, 0.5) is 0 Å². The number of hydrogen-bond acceptors (Lipinski definition) is 9. The molecule has 13 heteroatoms. The van der Waals surface area contributed by atoms with E-state index in [0.717, 1.165) is 0 Å². The molecule has 0 heterocycles. The Morgan fingerprint density at radius 3 is 0.846 bits per heavy atom. The monoisotopic (exact) mass is 206 g/mol. The lowest BCUT2D eigenvalue weighted by molar-refractivity contribution is -0.742. The number of rotatable bonds is 0. The summed E-state index contributed by atoms with van der Waals surface area (Å²) in [5, 5.41) is 43.1. The van der Waals surface area contributed by atoms with Crippen LogP contribution in [0.2, 0.25) is 0 Å². The highest BCUT2D eigenvalue weighted by Crippen LogP contribution is 1.44. The van der Waals surface area contributed by atoms with E-state index in [2.05, 4.69) is 0 Å². The first-order valence-electron chi connectivity index (χ1n) is 1.66. The Bertz CT molecular complexity index is 118. The molecule has 0 fully saturated rings. The molecule has 0 unspecified atom stereocenters. The minimum Gasteiger partial charge on any atom is -0.356 e. The van der Waals surface area contributed by atoms with Crippen LogP contribution in [0, 0.1) is 40.8 Å². The van der Waals surface area contributed by atoms with Crippen LogP contribution in [0.5, 0.6) is 0 Å². The second-order valence-electron chi connectivity index (χ2n) is 0.685. The fraction of sp³-hybridized carbons (Fsp3) is 0. The summed E-state index contributed by atoms with van der Waals surface area (Å²) in [6, 6.07) is 0. The van der Waals surface area contributed by atoms with E-state index in [1.54, 1.807) is 0 Å². The van der Waals surface area contributed by atoms with Gasteiger partial charge >= 0.3 is 2.85 Å². The van der Waals surface area contributed by atoms with Crippen LogP contribution in [-0.2, 0) is 0 Å². The van der Waals surface area contributed by atoms with E-state index in [9.17, 15) is 0 Å². The van der Waals surface area contributed by atoms with Crippen LogP contribution in [0.25, 0.3) is 0 Å². The van der Waals surface area contributed by atoms with Crippen LogP contribution in [-0.4, -0.2) is 20.5 Å². The molecular weight excluding hydrogens is 200 g/mol. The number of nitrogens with zero attached hydrogens (tertiary/aromatic N) is 3. The molecular formula is H6N4O9. The third-order valence-corrected chi connectivity index (χ3v) is 0. The highest BCUT2D eigenvalue weighted by atomic mass is 16.9. The van der Waals surface area contributed by atoms with Gasteiger partial charge < -0.3 is 42.0 Å². The van der Waals surface area contributed by atoms with Crippen molar-refractivity contribution < 1.29 is 23.3 Å². The molecule has 0 bridgehead atoms. The molecule has 0 saturated carbocycles. The molecule has 0 aromatic heterocycles. The van der Waals surface area contributed by atoms with Crippen molar-refractivity contribution in [2.45, 2.75) is 0 Å². The molecule has 0 spiro atoms. The predicted octanol–water partition coefficient (Wildman–Crippen LogP) is -0.439. The molecule has 0 radical (unpaired) electrons. The van der Waals surface area contributed by atoms with Gasteiger partial charge in [0.25, 0.3) is 5.09 Å². The van der Waals surface area contributed by atoms with Gasteiger partial charge in [0.15, 0.2) is 0 Å². The molecule has 13 heavy (non-hydrogen) atoms. The Hall–Kier alpha value is -2.44. The summed E-state index contributed by atoms with van der Waals surface area (Å²) in [5.41, 5.74) is 0. The maximum atomic E-state index is 8.36. The van der Waals surface area contributed by atoms with Gasteiger partial charge in [-0.3, -0.25) is 0 Å². The van der Waals surface area contributed by atoms with Crippen LogP contribution < -0.4 is 6.15 Å². The third kappa shape index (κ3) is 91.8. The zero-order chi connectivity index (χ0) is 10.7. The molecule has 0 aromatic carbocycles. The zero-order valence-electron chi connectivity index (χ0n) is 7.76. The zero-order valence-corrected chi connectivity index (χ0v) is 5.76. The van der Waals surface area contributed by atoms with Gasteiger partial charge in [-0.15, -0.1) is 10.1 Å². The van der Waals surface area contributed by atoms with Crippen LogP contribution in [0.3, 0.4) is 0 Å². The van der Waals surface area contributed by atoms with Crippen molar-refractivity contribution in [2.24, 2.45) is 0 Å². The Morgan fingerprint density at radius 1 is 0.846 bits per heavy atom. The number of hydrogen-bond donors (Lipinski definition) is 2. The smallest absolute Gasteiger partial charge is 0.356 e. The van der Waals surface area contributed by atoms with E-state index in [4.69, 9.17) is 46.0 Å². The molecule has 0 atom stereocenters. The average molecular weight is 206 g/mol. The SMILES string of the molecule is N.O=[N+]([O-])O.O=[N+]([O-])[O-].O=[N+]([O-])[O-].[H+].[H+]. The molecule has 0 aliphatic carbocycles. The lowest BCUT2D eigenvalue weighted by Crippen LogP contribution is -1.81. The summed E-state index contributed by atoms with van der Waals surface area (Å²) >= 11 is 0. The Labute approximate surface area is 71.7 Å². The molecule has 13 nitrogen and oxygen atoms in total. The van der Waals surface area contributed by atoms with Gasteiger partial charge in [-0.25, -0.2) is 0 Å². The summed E-state index contributed by atoms with van der Waals surface area (Å²) in [5.74, 6) is 0. The molecule has 0 aliphatic rings. The maximum Gasteiger partial charge on any atom is 1.00 e. The fourth-order valence-electron chi connectivity index (χ4n) is 0. The summed E-state index contributed by atoms with van der Waals surface area (Å²) in [4.78, 5) is 24.9. The normalized spacial score (nSPS) is 5.54. The van der Waals surface area contributed by atoms with Crippen molar-refractivity contribution in [3.63, 3.8) is 0 Å². The molecule has 0 amide bonds. The van der Waals surface area contributed by atoms with Gasteiger partial charge in [0.05, 0.1) is 10.2 Å². The Morgan fingerprint density at radius 2 is 0.846 bits per heavy atom. The third-order valence-electron chi connectivity index (χ3n) is 0. The van der Waals surface area contributed by atoms with E-state index in [-0.39, 0.29) is 9.00 Å². The van der Waals surface area contributed by atoms with Crippen molar-refractivity contribution in [3.05, 3.63) is 40.8 Å². The maximum absolute atomic E-state index is 8.36.